The van der Waals surface area contributed by atoms with E-state index < -0.39 is 0 Å². The van der Waals surface area contributed by atoms with Crippen molar-refractivity contribution in [3.8, 4) is 17.2 Å². The number of anilines is 1. The Labute approximate surface area is 324 Å². The van der Waals surface area contributed by atoms with Crippen molar-refractivity contribution in [3.63, 3.8) is 0 Å². The van der Waals surface area contributed by atoms with Gasteiger partial charge in [-0.05, 0) is 156 Å². The van der Waals surface area contributed by atoms with Crippen LogP contribution in [0.25, 0.3) is 16.5 Å². The van der Waals surface area contributed by atoms with Gasteiger partial charge >= 0.3 is 0 Å². The summed E-state index contributed by atoms with van der Waals surface area (Å²) in [7, 11) is 0. The van der Waals surface area contributed by atoms with Crippen molar-refractivity contribution in [2.75, 3.05) is 25.0 Å². The molecule has 0 saturated heterocycles. The normalized spacial score (nSPS) is 14.4. The lowest BCUT2D eigenvalue weighted by molar-refractivity contribution is 0.102. The number of ether oxygens (including phenoxy) is 1. The summed E-state index contributed by atoms with van der Waals surface area (Å²) >= 11 is 0. The Morgan fingerprint density at radius 2 is 1.78 bits per heavy atom. The summed E-state index contributed by atoms with van der Waals surface area (Å²) in [4.78, 5) is 16.1. The summed E-state index contributed by atoms with van der Waals surface area (Å²) in [5, 5.41) is 15.6. The van der Waals surface area contributed by atoms with Crippen molar-refractivity contribution >= 4 is 28.1 Å². The molecule has 1 unspecified atom stereocenters. The van der Waals surface area contributed by atoms with Crippen molar-refractivity contribution in [2.45, 2.75) is 112 Å². The van der Waals surface area contributed by atoms with Crippen LogP contribution in [-0.2, 0) is 6.54 Å². The summed E-state index contributed by atoms with van der Waals surface area (Å²) in [5.74, 6) is 2.53. The van der Waals surface area contributed by atoms with Crippen LogP contribution in [0.15, 0.2) is 85.0 Å². The van der Waals surface area contributed by atoms with Crippen molar-refractivity contribution in [3.05, 3.63) is 113 Å². The zero-order valence-corrected chi connectivity index (χ0v) is 33.9. The van der Waals surface area contributed by atoms with Crippen LogP contribution in [-0.4, -0.2) is 40.1 Å². The lowest BCUT2D eigenvalue weighted by Crippen LogP contribution is -2.28. The van der Waals surface area contributed by atoms with E-state index in [2.05, 4.69) is 80.6 Å². The number of amides is 1. The van der Waals surface area contributed by atoms with Crippen molar-refractivity contribution < 1.29 is 14.6 Å². The molecular formula is C48H63N3O3. The van der Waals surface area contributed by atoms with E-state index >= 15 is 0 Å². The second-order valence-electron chi connectivity index (χ2n) is 15.2. The third-order valence-corrected chi connectivity index (χ3v) is 11.2. The lowest BCUT2D eigenvalue weighted by Gasteiger charge is -2.29. The molecule has 2 N–H and O–H groups in total. The average molecular weight is 730 g/mol. The van der Waals surface area contributed by atoms with Gasteiger partial charge < -0.3 is 24.6 Å². The highest BCUT2D eigenvalue weighted by Crippen LogP contribution is 2.44. The van der Waals surface area contributed by atoms with Crippen LogP contribution in [0.1, 0.15) is 125 Å². The Kier molecular flexibility index (Phi) is 14.8. The summed E-state index contributed by atoms with van der Waals surface area (Å²) in [6.45, 7) is 19.9. The standard InChI is InChI=1S/C48H63N3O3/c1-8-12-13-17-38(16-9-2)47-44(37-18-14-19-37)31-40(32-46(47)52)49-48(53)39-20-22-41(23-21-39)54-42-24-25-45-43(33-42)35(6)36(7)51(45)29-15-28-50(27-10-3)30-26-34(5)11-4/h9,12-13,16-17,20-25,31-34,37,52H,8,10-11,14-15,18-19,26-30H2,1-7H3,(H,49,53)/b13-12+,16-9-,38-17+. The summed E-state index contributed by atoms with van der Waals surface area (Å²) < 4.78 is 8.77. The largest absolute Gasteiger partial charge is 0.507 e. The number of rotatable bonds is 19. The van der Waals surface area contributed by atoms with E-state index in [1.54, 1.807) is 18.2 Å². The van der Waals surface area contributed by atoms with E-state index in [0.29, 0.717) is 22.9 Å². The van der Waals surface area contributed by atoms with Crippen LogP contribution >= 0.6 is 0 Å². The van der Waals surface area contributed by atoms with Gasteiger partial charge in [0.15, 0.2) is 0 Å². The number of hydrogen-bond donors (Lipinski definition) is 2. The Bertz CT molecular complexity index is 1940. The second kappa shape index (κ2) is 19.7. The molecule has 1 aliphatic rings. The number of aromatic nitrogens is 1. The number of benzene rings is 3. The number of aromatic hydroxyl groups is 1. The highest BCUT2D eigenvalue weighted by molar-refractivity contribution is 6.04. The maximum atomic E-state index is 13.4. The van der Waals surface area contributed by atoms with Gasteiger partial charge in [-0.15, -0.1) is 0 Å². The molecule has 6 heteroatoms. The number of allylic oxidation sites excluding steroid dienone is 6. The van der Waals surface area contributed by atoms with Crippen LogP contribution in [0.2, 0.25) is 0 Å². The number of nitrogens with zero attached hydrogens (tertiary/aromatic N) is 2. The predicted molar refractivity (Wildman–Crippen MR) is 228 cm³/mol. The molecular weight excluding hydrogens is 667 g/mol. The van der Waals surface area contributed by atoms with E-state index in [4.69, 9.17) is 4.74 Å². The van der Waals surface area contributed by atoms with Crippen molar-refractivity contribution in [2.24, 2.45) is 5.92 Å². The minimum atomic E-state index is -0.231. The highest BCUT2D eigenvalue weighted by Gasteiger charge is 2.26. The zero-order chi connectivity index (χ0) is 38.6. The lowest BCUT2D eigenvalue weighted by atomic mass is 9.76. The molecule has 3 aromatic carbocycles. The van der Waals surface area contributed by atoms with Gasteiger partial charge in [0, 0.05) is 46.0 Å². The summed E-state index contributed by atoms with van der Waals surface area (Å²) in [5.41, 5.74) is 7.84. The van der Waals surface area contributed by atoms with Gasteiger partial charge in [-0.3, -0.25) is 4.79 Å². The predicted octanol–water partition coefficient (Wildman–Crippen LogP) is 12.7. The number of aryl methyl sites for hydroxylation is 2. The molecule has 288 valence electrons. The first kappa shape index (κ1) is 40.6. The zero-order valence-electron chi connectivity index (χ0n) is 33.9. The smallest absolute Gasteiger partial charge is 0.255 e. The monoisotopic (exact) mass is 729 g/mol. The van der Waals surface area contributed by atoms with Crippen molar-refractivity contribution in [1.82, 2.24) is 9.47 Å². The van der Waals surface area contributed by atoms with E-state index in [1.165, 1.54) is 60.9 Å². The molecule has 1 amide bonds. The van der Waals surface area contributed by atoms with Crippen LogP contribution in [0, 0.1) is 19.8 Å². The van der Waals surface area contributed by atoms with Crippen LogP contribution in [0.3, 0.4) is 0 Å². The molecule has 1 atom stereocenters. The van der Waals surface area contributed by atoms with Crippen LogP contribution in [0.5, 0.6) is 17.2 Å². The van der Waals surface area contributed by atoms with Gasteiger partial charge in [0.1, 0.15) is 17.2 Å². The fourth-order valence-electron chi connectivity index (χ4n) is 7.49. The third-order valence-electron chi connectivity index (χ3n) is 11.2. The first-order valence-electron chi connectivity index (χ1n) is 20.4. The Balaban J connectivity index is 1.25. The van der Waals surface area contributed by atoms with Gasteiger partial charge in [-0.2, -0.15) is 0 Å². The average Bonchev–Trinajstić information content (AvgIpc) is 3.37. The fourth-order valence-corrected chi connectivity index (χ4v) is 7.49. The molecule has 54 heavy (non-hydrogen) atoms. The quantitative estimate of drug-likeness (QED) is 0.0943. The summed E-state index contributed by atoms with van der Waals surface area (Å²) in [6.07, 6.45) is 19.3. The van der Waals surface area contributed by atoms with Crippen LogP contribution < -0.4 is 10.1 Å². The SMILES string of the molecule is C\C=C/C(=C\C=C\CC)c1c(O)cc(NC(=O)c2ccc(Oc3ccc4c(c3)c(C)c(C)n4CCCN(CCC)CCC(C)CC)cc2)cc1C1CCC1. The number of phenols is 1. The fraction of sp³-hybridized carbons (Fsp3) is 0.438. The number of hydrogen-bond acceptors (Lipinski definition) is 4. The van der Waals surface area contributed by atoms with E-state index in [0.717, 1.165) is 67.1 Å². The minimum Gasteiger partial charge on any atom is -0.507 e. The summed E-state index contributed by atoms with van der Waals surface area (Å²) in [6, 6.07) is 17.3. The van der Waals surface area contributed by atoms with Crippen LogP contribution in [0.4, 0.5) is 5.69 Å². The van der Waals surface area contributed by atoms with Gasteiger partial charge in [-0.1, -0.05) is 70.9 Å². The number of carbonyl (C=O) groups excluding carboxylic acids is 1. The molecule has 5 rings (SSSR count). The molecule has 0 aliphatic heterocycles. The molecule has 1 fully saturated rings. The molecule has 1 aliphatic carbocycles. The minimum absolute atomic E-state index is 0.177. The molecule has 6 nitrogen and oxygen atoms in total. The van der Waals surface area contributed by atoms with E-state index in [-0.39, 0.29) is 11.7 Å². The van der Waals surface area contributed by atoms with Gasteiger partial charge in [0.25, 0.3) is 5.91 Å². The molecule has 1 saturated carbocycles. The number of fused-ring (bicyclic) bond motifs is 1. The highest BCUT2D eigenvalue weighted by atomic mass is 16.5. The van der Waals surface area contributed by atoms with E-state index in [9.17, 15) is 9.90 Å². The Morgan fingerprint density at radius 3 is 2.44 bits per heavy atom. The molecule has 1 aromatic heterocycles. The second-order valence-corrected chi connectivity index (χ2v) is 15.2. The molecule has 1 heterocycles. The van der Waals surface area contributed by atoms with Gasteiger partial charge in [0.2, 0.25) is 0 Å². The number of phenolic OH excluding ortho intramolecular Hbond substituents is 1. The molecule has 0 radical (unpaired) electrons. The van der Waals surface area contributed by atoms with Gasteiger partial charge in [-0.25, -0.2) is 0 Å². The molecule has 0 bridgehead atoms. The maximum Gasteiger partial charge on any atom is 0.255 e. The Morgan fingerprint density at radius 1 is 1.02 bits per heavy atom. The first-order valence-corrected chi connectivity index (χ1v) is 20.4. The van der Waals surface area contributed by atoms with Crippen molar-refractivity contribution in [1.29, 1.82) is 0 Å². The molecule has 0 spiro atoms. The number of nitrogens with one attached hydrogen (secondary N) is 1. The first-order chi connectivity index (χ1) is 26.2. The number of carbonyl (C=O) groups is 1. The van der Waals surface area contributed by atoms with E-state index in [1.807, 2.05) is 49.4 Å². The Hall–Kier alpha value is -4.55. The maximum absolute atomic E-state index is 13.4. The third kappa shape index (κ3) is 10.1. The topological polar surface area (TPSA) is 66.7 Å². The molecule has 4 aromatic rings. The van der Waals surface area contributed by atoms with Gasteiger partial charge in [0.05, 0.1) is 0 Å².